The molecular formula is C19H27N3O3. The summed E-state index contributed by atoms with van der Waals surface area (Å²) in [5, 5.41) is 16.9. The van der Waals surface area contributed by atoms with E-state index >= 15 is 0 Å². The number of rotatable bonds is 6. The fraction of sp³-hybridized carbons (Fsp3) is 0.579. The molecule has 1 saturated carbocycles. The second kappa shape index (κ2) is 6.42. The van der Waals surface area contributed by atoms with Crippen molar-refractivity contribution in [3.63, 3.8) is 0 Å². The van der Waals surface area contributed by atoms with Crippen LogP contribution in [0.2, 0.25) is 0 Å². The van der Waals surface area contributed by atoms with Gasteiger partial charge in [0.15, 0.2) is 0 Å². The predicted octanol–water partition coefficient (Wildman–Crippen LogP) is 1.79. The molecule has 6 nitrogen and oxygen atoms in total. The van der Waals surface area contributed by atoms with Crippen molar-refractivity contribution in [3.05, 3.63) is 35.3 Å². The van der Waals surface area contributed by atoms with Gasteiger partial charge in [-0.15, -0.1) is 0 Å². The number of carbonyl (C=O) groups is 1. The molecule has 2 fully saturated rings. The Bertz CT molecular complexity index is 673. The second-order valence-corrected chi connectivity index (χ2v) is 7.53. The van der Waals surface area contributed by atoms with Crippen LogP contribution in [-0.2, 0) is 9.53 Å². The van der Waals surface area contributed by atoms with Gasteiger partial charge in [0.05, 0.1) is 34.7 Å². The number of amides is 1. The molecule has 1 unspecified atom stereocenters. The lowest BCUT2D eigenvalue weighted by atomic mass is 9.81. The normalized spacial score (nSPS) is 27.2. The predicted molar refractivity (Wildman–Crippen MR) is 96.9 cm³/mol. The molecule has 25 heavy (non-hydrogen) atoms. The molecule has 3 N–H and O–H groups in total. The van der Waals surface area contributed by atoms with Crippen LogP contribution in [0.25, 0.3) is 0 Å². The lowest BCUT2D eigenvalue weighted by Crippen LogP contribution is -2.62. The van der Waals surface area contributed by atoms with Gasteiger partial charge in [0.1, 0.15) is 0 Å². The van der Waals surface area contributed by atoms with Crippen LogP contribution in [0.3, 0.4) is 0 Å². The minimum atomic E-state index is -1.09. The Morgan fingerprint density at radius 3 is 2.76 bits per heavy atom. The lowest BCUT2D eigenvalue weighted by molar-refractivity contribution is -0.123. The van der Waals surface area contributed by atoms with Gasteiger partial charge in [-0.2, -0.15) is 0 Å². The van der Waals surface area contributed by atoms with E-state index in [9.17, 15) is 9.90 Å². The SMILES string of the molecule is C=C1N=CC(C(=O)NC2(C(C)(C)O)CCOC2)=C1N/C(=C\C)C1CC1. The molecular weight excluding hydrogens is 318 g/mol. The van der Waals surface area contributed by atoms with E-state index in [-0.39, 0.29) is 5.91 Å². The number of nitrogens with zero attached hydrogens (tertiary/aromatic N) is 1. The highest BCUT2D eigenvalue weighted by Crippen LogP contribution is 2.36. The van der Waals surface area contributed by atoms with Crippen molar-refractivity contribution < 1.29 is 14.6 Å². The molecule has 136 valence electrons. The van der Waals surface area contributed by atoms with Gasteiger partial charge in [0.2, 0.25) is 0 Å². The summed E-state index contributed by atoms with van der Waals surface area (Å²) in [7, 11) is 0. The van der Waals surface area contributed by atoms with Crippen molar-refractivity contribution in [3.8, 4) is 0 Å². The number of nitrogens with one attached hydrogen (secondary N) is 2. The van der Waals surface area contributed by atoms with Gasteiger partial charge >= 0.3 is 0 Å². The topological polar surface area (TPSA) is 83.0 Å². The number of ether oxygens (including phenoxy) is 1. The van der Waals surface area contributed by atoms with Gasteiger partial charge in [0.25, 0.3) is 5.91 Å². The van der Waals surface area contributed by atoms with Gasteiger partial charge in [-0.1, -0.05) is 12.7 Å². The molecule has 1 atom stereocenters. The number of hydrogen-bond donors (Lipinski definition) is 3. The highest BCUT2D eigenvalue weighted by atomic mass is 16.5. The summed E-state index contributed by atoms with van der Waals surface area (Å²) in [5.74, 6) is 0.255. The molecule has 1 aliphatic carbocycles. The maximum absolute atomic E-state index is 12.9. The number of aliphatic imine (C=N–C) groups is 1. The molecule has 0 bridgehead atoms. The molecule has 0 aromatic carbocycles. The third kappa shape index (κ3) is 3.41. The second-order valence-electron chi connectivity index (χ2n) is 7.53. The van der Waals surface area contributed by atoms with Crippen LogP contribution >= 0.6 is 0 Å². The molecule has 0 radical (unpaired) electrons. The van der Waals surface area contributed by atoms with Gasteiger partial charge in [-0.05, 0) is 46.0 Å². The molecule has 3 aliphatic rings. The largest absolute Gasteiger partial charge is 0.388 e. The van der Waals surface area contributed by atoms with Crippen molar-refractivity contribution in [2.24, 2.45) is 10.9 Å². The third-order valence-electron chi connectivity index (χ3n) is 5.30. The monoisotopic (exact) mass is 345 g/mol. The molecule has 0 aromatic heterocycles. The van der Waals surface area contributed by atoms with Gasteiger partial charge in [-0.3, -0.25) is 9.79 Å². The molecule has 1 amide bonds. The zero-order valence-corrected chi connectivity index (χ0v) is 15.2. The molecule has 3 rings (SSSR count). The standard InChI is InChI=1S/C19H27N3O3/c1-5-15(13-6-7-13)21-16-12(2)20-10-14(16)17(23)22-19(18(3,4)24)8-9-25-11-19/h5,10,13,21,24H,2,6-9,11H2,1,3-4H3,(H,22,23)/b15-5-. The van der Waals surface area contributed by atoms with E-state index in [0.29, 0.717) is 42.5 Å². The highest BCUT2D eigenvalue weighted by Gasteiger charge is 2.48. The van der Waals surface area contributed by atoms with E-state index in [2.05, 4.69) is 22.2 Å². The fourth-order valence-electron chi connectivity index (χ4n) is 3.27. The first-order valence-corrected chi connectivity index (χ1v) is 8.81. The molecule has 0 aromatic rings. The van der Waals surface area contributed by atoms with E-state index in [1.165, 1.54) is 6.21 Å². The number of carbonyl (C=O) groups excluding carboxylic acids is 1. The van der Waals surface area contributed by atoms with Crippen LogP contribution < -0.4 is 10.6 Å². The van der Waals surface area contributed by atoms with Crippen LogP contribution in [0.15, 0.2) is 40.3 Å². The van der Waals surface area contributed by atoms with Crippen LogP contribution in [0.4, 0.5) is 0 Å². The van der Waals surface area contributed by atoms with E-state index < -0.39 is 11.1 Å². The summed E-state index contributed by atoms with van der Waals surface area (Å²) < 4.78 is 5.45. The Morgan fingerprint density at radius 2 is 2.24 bits per heavy atom. The van der Waals surface area contributed by atoms with E-state index in [1.807, 2.05) is 13.0 Å². The number of aliphatic hydroxyl groups is 1. The minimum absolute atomic E-state index is 0.274. The maximum atomic E-state index is 12.9. The van der Waals surface area contributed by atoms with Crippen molar-refractivity contribution in [2.45, 2.75) is 51.2 Å². The average molecular weight is 345 g/mol. The minimum Gasteiger partial charge on any atom is -0.388 e. The van der Waals surface area contributed by atoms with Crippen molar-refractivity contribution in [1.82, 2.24) is 10.6 Å². The Hall–Kier alpha value is -1.92. The molecule has 2 aliphatic heterocycles. The quantitative estimate of drug-likeness (QED) is 0.685. The van der Waals surface area contributed by atoms with Gasteiger partial charge < -0.3 is 20.5 Å². The summed E-state index contributed by atoms with van der Waals surface area (Å²) in [4.78, 5) is 17.1. The Balaban J connectivity index is 1.83. The molecule has 6 heteroatoms. The molecule has 0 spiro atoms. The lowest BCUT2D eigenvalue weighted by Gasteiger charge is -2.39. The fourth-order valence-corrected chi connectivity index (χ4v) is 3.27. The van der Waals surface area contributed by atoms with Gasteiger partial charge in [0, 0.05) is 18.5 Å². The maximum Gasteiger partial charge on any atom is 0.255 e. The van der Waals surface area contributed by atoms with Crippen LogP contribution in [0, 0.1) is 5.92 Å². The Morgan fingerprint density at radius 1 is 1.52 bits per heavy atom. The van der Waals surface area contributed by atoms with E-state index in [0.717, 1.165) is 18.5 Å². The third-order valence-corrected chi connectivity index (χ3v) is 5.30. The number of allylic oxidation sites excluding steroid dienone is 2. The van der Waals surface area contributed by atoms with Crippen LogP contribution in [0.1, 0.15) is 40.0 Å². The summed E-state index contributed by atoms with van der Waals surface area (Å²) in [5.41, 5.74) is 0.837. The average Bonchev–Trinajstić information content (AvgIpc) is 3.15. The Kier molecular flexibility index (Phi) is 4.60. The van der Waals surface area contributed by atoms with Crippen LogP contribution in [-0.4, -0.2) is 41.6 Å². The summed E-state index contributed by atoms with van der Waals surface area (Å²) >= 11 is 0. The summed E-state index contributed by atoms with van der Waals surface area (Å²) in [6.07, 6.45) is 6.46. The summed E-state index contributed by atoms with van der Waals surface area (Å²) in [6.45, 7) is 10.1. The molecule has 1 saturated heterocycles. The van der Waals surface area contributed by atoms with Gasteiger partial charge in [-0.25, -0.2) is 0 Å². The van der Waals surface area contributed by atoms with Crippen LogP contribution in [0.5, 0.6) is 0 Å². The molecule has 2 heterocycles. The number of hydrogen-bond acceptors (Lipinski definition) is 5. The first kappa shape index (κ1) is 17.9. The zero-order valence-electron chi connectivity index (χ0n) is 15.2. The van der Waals surface area contributed by atoms with E-state index in [4.69, 9.17) is 4.74 Å². The van der Waals surface area contributed by atoms with E-state index in [1.54, 1.807) is 13.8 Å². The first-order valence-electron chi connectivity index (χ1n) is 8.81. The first-order chi connectivity index (χ1) is 11.8. The Labute approximate surface area is 148 Å². The highest BCUT2D eigenvalue weighted by molar-refractivity contribution is 6.15. The van der Waals surface area contributed by atoms with Crippen molar-refractivity contribution in [1.29, 1.82) is 0 Å². The van der Waals surface area contributed by atoms with Crippen molar-refractivity contribution in [2.75, 3.05) is 13.2 Å². The zero-order chi connectivity index (χ0) is 18.2. The van der Waals surface area contributed by atoms with Crippen molar-refractivity contribution >= 4 is 12.1 Å². The smallest absolute Gasteiger partial charge is 0.255 e. The summed E-state index contributed by atoms with van der Waals surface area (Å²) in [6, 6.07) is 0.